The Balaban J connectivity index is 0.000000734. The van der Waals surface area contributed by atoms with E-state index in [4.69, 9.17) is 40.1 Å². The first-order chi connectivity index (χ1) is 10.5. The number of hydrogen-bond donors (Lipinski definition) is 6. The van der Waals surface area contributed by atoms with E-state index < -0.39 is 50.5 Å². The van der Waals surface area contributed by atoms with Crippen molar-refractivity contribution in [3.63, 3.8) is 0 Å². The van der Waals surface area contributed by atoms with Crippen molar-refractivity contribution < 1.29 is 40.1 Å². The van der Waals surface area contributed by atoms with Gasteiger partial charge in [0.15, 0.2) is 0 Å². The Kier molecular flexibility index (Phi) is 11.1. The zero-order valence-corrected chi connectivity index (χ0v) is 13.1. The van der Waals surface area contributed by atoms with Gasteiger partial charge in [-0.2, -0.15) is 0 Å². The van der Waals surface area contributed by atoms with Gasteiger partial charge in [-0.1, -0.05) is 6.92 Å². The van der Waals surface area contributed by atoms with E-state index in [1.165, 1.54) is 6.42 Å². The molecule has 1 aliphatic rings. The Morgan fingerprint density at radius 1 is 0.818 bits per heavy atom. The summed E-state index contributed by atoms with van der Waals surface area (Å²) in [6.45, 7) is 0.142. The van der Waals surface area contributed by atoms with E-state index in [0.717, 1.165) is 6.61 Å². The number of aliphatic hydroxyl groups is 6. The molecule has 0 aromatic carbocycles. The Hall–Kier alpha value is -0.320. The highest BCUT2D eigenvalue weighted by molar-refractivity contribution is 4.80. The molecule has 0 aromatic rings. The molecule has 0 amide bonds. The summed E-state index contributed by atoms with van der Waals surface area (Å²) < 4.78 is 10.0. The fourth-order valence-electron chi connectivity index (χ4n) is 1.36. The number of aliphatic hydroxyl groups excluding tert-OH is 6. The van der Waals surface area contributed by atoms with Gasteiger partial charge in [0.25, 0.3) is 0 Å². The van der Waals surface area contributed by atoms with Crippen LogP contribution >= 0.6 is 0 Å². The SMILES string of the molecule is CCC1CO1.OCC(CO)(CO)COCC(CO)(CO)CO. The molecule has 134 valence electrons. The molecule has 1 heterocycles. The fraction of sp³-hybridized carbons (Fsp3) is 1.00. The van der Waals surface area contributed by atoms with E-state index >= 15 is 0 Å². The molecule has 1 rings (SSSR count). The Morgan fingerprint density at radius 2 is 1.14 bits per heavy atom. The van der Waals surface area contributed by atoms with Crippen LogP contribution in [0.25, 0.3) is 0 Å². The van der Waals surface area contributed by atoms with E-state index in [1.54, 1.807) is 0 Å². The van der Waals surface area contributed by atoms with Crippen molar-refractivity contribution in [2.75, 3.05) is 59.5 Å². The van der Waals surface area contributed by atoms with E-state index in [2.05, 4.69) is 6.92 Å². The topological polar surface area (TPSA) is 143 Å². The second-order valence-corrected chi connectivity index (χ2v) is 5.81. The van der Waals surface area contributed by atoms with Crippen LogP contribution in [0, 0.1) is 10.8 Å². The van der Waals surface area contributed by atoms with E-state index in [9.17, 15) is 0 Å². The third kappa shape index (κ3) is 7.30. The summed E-state index contributed by atoms with van der Waals surface area (Å²) in [6, 6.07) is 0. The first kappa shape index (κ1) is 21.7. The number of epoxide rings is 1. The molecule has 8 heteroatoms. The number of rotatable bonds is 11. The molecule has 22 heavy (non-hydrogen) atoms. The van der Waals surface area contributed by atoms with Gasteiger partial charge in [-0.15, -0.1) is 0 Å². The molecule has 0 spiro atoms. The van der Waals surface area contributed by atoms with Gasteiger partial charge in [0.1, 0.15) is 0 Å². The van der Waals surface area contributed by atoms with Crippen molar-refractivity contribution in [3.05, 3.63) is 0 Å². The maximum absolute atomic E-state index is 9.03. The minimum atomic E-state index is -1.16. The van der Waals surface area contributed by atoms with Crippen molar-refractivity contribution in [2.45, 2.75) is 19.4 Å². The predicted octanol–water partition coefficient (Wildman–Crippen LogP) is -2.28. The first-order valence-electron chi connectivity index (χ1n) is 7.35. The molecule has 1 fully saturated rings. The smallest absolute Gasteiger partial charge is 0.0807 e. The first-order valence-corrected chi connectivity index (χ1v) is 7.35. The Labute approximate surface area is 130 Å². The predicted molar refractivity (Wildman–Crippen MR) is 78.2 cm³/mol. The highest BCUT2D eigenvalue weighted by atomic mass is 16.6. The minimum absolute atomic E-state index is 0.141. The molecule has 1 saturated heterocycles. The molecule has 1 unspecified atom stereocenters. The van der Waals surface area contributed by atoms with Crippen molar-refractivity contribution in [3.8, 4) is 0 Å². The largest absolute Gasteiger partial charge is 0.396 e. The van der Waals surface area contributed by atoms with Crippen LogP contribution in [-0.2, 0) is 9.47 Å². The summed E-state index contributed by atoms with van der Waals surface area (Å²) in [5.74, 6) is 0. The normalized spacial score (nSPS) is 17.9. The van der Waals surface area contributed by atoms with Gasteiger partial charge in [-0.25, -0.2) is 0 Å². The molecule has 1 aliphatic heterocycles. The highest BCUT2D eigenvalue weighted by Gasteiger charge is 2.32. The molecule has 0 aliphatic carbocycles. The summed E-state index contributed by atoms with van der Waals surface area (Å²) in [5.41, 5.74) is -2.32. The van der Waals surface area contributed by atoms with E-state index in [0.29, 0.717) is 6.10 Å². The van der Waals surface area contributed by atoms with Crippen LogP contribution < -0.4 is 0 Å². The number of hydrogen-bond acceptors (Lipinski definition) is 8. The molecule has 0 saturated carbocycles. The van der Waals surface area contributed by atoms with Crippen LogP contribution in [0.15, 0.2) is 0 Å². The maximum atomic E-state index is 9.03. The van der Waals surface area contributed by atoms with Crippen LogP contribution in [0.4, 0.5) is 0 Å². The molecule has 1 atom stereocenters. The zero-order chi connectivity index (χ0) is 17.1. The van der Waals surface area contributed by atoms with Crippen molar-refractivity contribution in [1.29, 1.82) is 0 Å². The van der Waals surface area contributed by atoms with Crippen molar-refractivity contribution >= 4 is 0 Å². The molecule has 6 N–H and O–H groups in total. The second kappa shape index (κ2) is 11.3. The average molecular weight is 326 g/mol. The maximum Gasteiger partial charge on any atom is 0.0807 e. The standard InChI is InChI=1S/C10H22O7.C4H8O/c11-1-9(2-12,3-13)7-17-8-10(4-14,5-15)6-16;1-2-4-3-5-4/h11-16H,1-8H2;4H,2-3H2,1H3. The summed E-state index contributed by atoms with van der Waals surface area (Å²) >= 11 is 0. The molecular formula is C14H30O8. The summed E-state index contributed by atoms with van der Waals surface area (Å²) in [4.78, 5) is 0. The van der Waals surface area contributed by atoms with Crippen LogP contribution in [-0.4, -0.2) is 96.2 Å². The van der Waals surface area contributed by atoms with Gasteiger partial charge in [0.05, 0.1) is 76.4 Å². The van der Waals surface area contributed by atoms with Crippen LogP contribution in [0.5, 0.6) is 0 Å². The van der Waals surface area contributed by atoms with Gasteiger partial charge >= 0.3 is 0 Å². The Morgan fingerprint density at radius 3 is 1.27 bits per heavy atom. The lowest BCUT2D eigenvalue weighted by atomic mass is 9.91. The average Bonchev–Trinajstić information content (AvgIpc) is 3.41. The minimum Gasteiger partial charge on any atom is -0.396 e. The fourth-order valence-corrected chi connectivity index (χ4v) is 1.36. The third-order valence-corrected chi connectivity index (χ3v) is 3.69. The summed E-state index contributed by atoms with van der Waals surface area (Å²) in [6.07, 6.45) is 1.83. The van der Waals surface area contributed by atoms with Crippen molar-refractivity contribution in [2.24, 2.45) is 10.8 Å². The van der Waals surface area contributed by atoms with Gasteiger partial charge in [0.2, 0.25) is 0 Å². The van der Waals surface area contributed by atoms with Gasteiger partial charge in [-0.05, 0) is 6.42 Å². The third-order valence-electron chi connectivity index (χ3n) is 3.69. The second-order valence-electron chi connectivity index (χ2n) is 5.81. The van der Waals surface area contributed by atoms with Gasteiger partial charge in [-0.3, -0.25) is 0 Å². The summed E-state index contributed by atoms with van der Waals surface area (Å²) in [7, 11) is 0. The molecule has 0 aromatic heterocycles. The quantitative estimate of drug-likeness (QED) is 0.233. The van der Waals surface area contributed by atoms with Crippen LogP contribution in [0.1, 0.15) is 13.3 Å². The zero-order valence-electron chi connectivity index (χ0n) is 13.1. The molecular weight excluding hydrogens is 296 g/mol. The van der Waals surface area contributed by atoms with E-state index in [-0.39, 0.29) is 13.2 Å². The molecule has 0 bridgehead atoms. The monoisotopic (exact) mass is 326 g/mol. The Bertz CT molecular complexity index is 225. The molecule has 0 radical (unpaired) electrons. The van der Waals surface area contributed by atoms with Crippen molar-refractivity contribution in [1.82, 2.24) is 0 Å². The lowest BCUT2D eigenvalue weighted by Gasteiger charge is -2.31. The lowest BCUT2D eigenvalue weighted by molar-refractivity contribution is -0.103. The lowest BCUT2D eigenvalue weighted by Crippen LogP contribution is -2.43. The van der Waals surface area contributed by atoms with Gasteiger partial charge < -0.3 is 40.1 Å². The van der Waals surface area contributed by atoms with Gasteiger partial charge in [0, 0.05) is 0 Å². The van der Waals surface area contributed by atoms with Crippen LogP contribution in [0.2, 0.25) is 0 Å². The van der Waals surface area contributed by atoms with Crippen LogP contribution in [0.3, 0.4) is 0 Å². The summed E-state index contributed by atoms with van der Waals surface area (Å²) in [5, 5.41) is 54.2. The highest BCUT2D eigenvalue weighted by Crippen LogP contribution is 2.19. The molecule has 8 nitrogen and oxygen atoms in total. The number of ether oxygens (including phenoxy) is 2. The van der Waals surface area contributed by atoms with E-state index in [1.807, 2.05) is 0 Å².